The molecule has 258 valence electrons. The third kappa shape index (κ3) is 6.62. The third-order valence-corrected chi connectivity index (χ3v) is 9.98. The van der Waals surface area contributed by atoms with Crippen LogP contribution in [-0.4, -0.2) is 80.1 Å². The van der Waals surface area contributed by atoms with E-state index in [1.165, 1.54) is 41.3 Å². The molecule has 1 aliphatic heterocycles. The number of carbonyl (C=O) groups is 2. The van der Waals surface area contributed by atoms with Gasteiger partial charge in [0.1, 0.15) is 17.0 Å². The highest BCUT2D eigenvalue weighted by molar-refractivity contribution is 6.17. The standard InChI is InChI=1S/C37H41F2N5O5/c1-23-24(2)37(23,35(40)45)36(46)44(26-8-6-25(38)7-9-26)27-10-11-32(29(39)20-27)49-31-12-13-41-30-22-34(33(47-4)21-28(30)31)48-19-5-14-43-17-15-42(3)16-18-43/h6-13,20-24H,5,14-19H2,1-4H3,(H2,40,45)/t23-,24+,37?. The monoisotopic (exact) mass is 673 g/mol. The Morgan fingerprint density at radius 3 is 2.24 bits per heavy atom. The number of nitrogens with zero attached hydrogens (tertiary/aromatic N) is 4. The quantitative estimate of drug-likeness (QED) is 0.150. The van der Waals surface area contributed by atoms with Crippen LogP contribution in [0.15, 0.2) is 66.9 Å². The van der Waals surface area contributed by atoms with Crippen LogP contribution in [0.25, 0.3) is 10.9 Å². The Hall–Kier alpha value is -4.81. The normalized spacial score (nSPS) is 20.9. The van der Waals surface area contributed by atoms with E-state index in [0.717, 1.165) is 45.2 Å². The van der Waals surface area contributed by atoms with Crippen LogP contribution in [0.4, 0.5) is 20.2 Å². The summed E-state index contributed by atoms with van der Waals surface area (Å²) in [7, 11) is 3.68. The second-order valence-electron chi connectivity index (χ2n) is 12.8. The maximum Gasteiger partial charge on any atom is 0.247 e. The number of ether oxygens (including phenoxy) is 3. The SMILES string of the molecule is COc1cc2c(Oc3ccc(N(C(=O)C4(C(N)=O)[C@H](C)[C@@H]4C)c4ccc(F)cc4)cc3F)ccnc2cc1OCCCN1CCN(C)CC1. The Kier molecular flexibility index (Phi) is 9.71. The smallest absolute Gasteiger partial charge is 0.247 e. The summed E-state index contributed by atoms with van der Waals surface area (Å²) in [4.78, 5) is 37.0. The number of carbonyl (C=O) groups excluding carboxylic acids is 2. The first-order valence-electron chi connectivity index (χ1n) is 16.4. The number of likely N-dealkylation sites (N-methyl/N-ethyl adjacent to an activating group) is 1. The summed E-state index contributed by atoms with van der Waals surface area (Å²) in [5, 5.41) is 0.579. The van der Waals surface area contributed by atoms with Gasteiger partial charge in [-0.3, -0.25) is 19.5 Å². The van der Waals surface area contributed by atoms with Crippen molar-refractivity contribution in [2.45, 2.75) is 20.3 Å². The molecule has 1 saturated heterocycles. The molecular weight excluding hydrogens is 632 g/mol. The van der Waals surface area contributed by atoms with Gasteiger partial charge in [0.05, 0.1) is 24.9 Å². The number of amides is 2. The highest BCUT2D eigenvalue weighted by Gasteiger charge is 2.70. The molecule has 12 heteroatoms. The molecule has 1 unspecified atom stereocenters. The van der Waals surface area contributed by atoms with Crippen molar-refractivity contribution in [1.29, 1.82) is 0 Å². The molecule has 2 N–H and O–H groups in total. The van der Waals surface area contributed by atoms with Crippen LogP contribution in [0.3, 0.4) is 0 Å². The Labute approximate surface area is 284 Å². The van der Waals surface area contributed by atoms with Crippen molar-refractivity contribution in [3.63, 3.8) is 0 Å². The van der Waals surface area contributed by atoms with Crippen LogP contribution in [0.2, 0.25) is 0 Å². The molecule has 4 aromatic rings. The van der Waals surface area contributed by atoms with Crippen molar-refractivity contribution in [2.75, 3.05) is 58.4 Å². The van der Waals surface area contributed by atoms with Gasteiger partial charge in [-0.2, -0.15) is 0 Å². The first-order chi connectivity index (χ1) is 23.5. The average Bonchev–Trinajstić information content (AvgIpc) is 3.65. The first-order valence-corrected chi connectivity index (χ1v) is 16.4. The first kappa shape index (κ1) is 34.1. The molecule has 3 atom stereocenters. The molecule has 2 amide bonds. The Morgan fingerprint density at radius 2 is 1.61 bits per heavy atom. The zero-order chi connectivity index (χ0) is 34.9. The maximum atomic E-state index is 15.8. The van der Waals surface area contributed by atoms with Crippen LogP contribution >= 0.6 is 0 Å². The van der Waals surface area contributed by atoms with Gasteiger partial charge in [0, 0.05) is 62.1 Å². The Bertz CT molecular complexity index is 1840. The van der Waals surface area contributed by atoms with E-state index in [4.69, 9.17) is 19.9 Å². The molecule has 3 aromatic carbocycles. The molecule has 1 saturated carbocycles. The van der Waals surface area contributed by atoms with Crippen LogP contribution < -0.4 is 24.8 Å². The number of hydrogen-bond donors (Lipinski definition) is 1. The van der Waals surface area contributed by atoms with E-state index in [9.17, 15) is 14.0 Å². The van der Waals surface area contributed by atoms with E-state index in [1.54, 1.807) is 45.4 Å². The van der Waals surface area contributed by atoms with Gasteiger partial charge in [0.15, 0.2) is 23.1 Å². The molecule has 2 aliphatic rings. The molecule has 0 spiro atoms. The van der Waals surface area contributed by atoms with Gasteiger partial charge in [-0.1, -0.05) is 13.8 Å². The second kappa shape index (κ2) is 14.0. The molecule has 2 fully saturated rings. The summed E-state index contributed by atoms with van der Waals surface area (Å²) in [5.74, 6) is -2.03. The zero-order valence-electron chi connectivity index (χ0n) is 28.1. The molecule has 0 bridgehead atoms. The molecule has 6 rings (SSSR count). The van der Waals surface area contributed by atoms with Gasteiger partial charge in [-0.25, -0.2) is 8.78 Å². The van der Waals surface area contributed by atoms with Gasteiger partial charge >= 0.3 is 0 Å². The molecule has 0 radical (unpaired) electrons. The van der Waals surface area contributed by atoms with Gasteiger partial charge in [-0.15, -0.1) is 0 Å². The summed E-state index contributed by atoms with van der Waals surface area (Å²) >= 11 is 0. The number of rotatable bonds is 12. The second-order valence-corrected chi connectivity index (χ2v) is 12.8. The van der Waals surface area contributed by atoms with Crippen molar-refractivity contribution < 1.29 is 32.6 Å². The van der Waals surface area contributed by atoms with Crippen molar-refractivity contribution in [2.24, 2.45) is 23.0 Å². The summed E-state index contributed by atoms with van der Waals surface area (Å²) in [6.07, 6.45) is 2.42. The predicted molar refractivity (Wildman–Crippen MR) is 182 cm³/mol. The molecule has 1 aromatic heterocycles. The number of anilines is 2. The number of halogens is 2. The number of benzene rings is 3. The summed E-state index contributed by atoms with van der Waals surface area (Å²) in [5.41, 5.74) is 5.23. The van der Waals surface area contributed by atoms with E-state index in [1.807, 2.05) is 0 Å². The lowest BCUT2D eigenvalue weighted by atomic mass is 9.98. The maximum absolute atomic E-state index is 15.8. The number of fused-ring (bicyclic) bond motifs is 1. The van der Waals surface area contributed by atoms with E-state index in [2.05, 4.69) is 21.8 Å². The van der Waals surface area contributed by atoms with Gasteiger partial charge < -0.3 is 29.7 Å². The number of primary amides is 1. The number of nitrogens with two attached hydrogens (primary N) is 1. The van der Waals surface area contributed by atoms with Crippen LogP contribution in [-0.2, 0) is 9.59 Å². The Morgan fingerprint density at radius 1 is 0.918 bits per heavy atom. The number of hydrogen-bond acceptors (Lipinski definition) is 8. The average molecular weight is 674 g/mol. The van der Waals surface area contributed by atoms with Gasteiger partial charge in [-0.05, 0) is 73.8 Å². The van der Waals surface area contributed by atoms with E-state index >= 15 is 4.39 Å². The van der Waals surface area contributed by atoms with Crippen LogP contribution in [0.1, 0.15) is 20.3 Å². The van der Waals surface area contributed by atoms with Crippen LogP contribution in [0.5, 0.6) is 23.0 Å². The third-order valence-electron chi connectivity index (χ3n) is 9.98. The fraction of sp³-hybridized carbons (Fsp3) is 0.378. The Balaban J connectivity index is 1.23. The predicted octanol–water partition coefficient (Wildman–Crippen LogP) is 5.75. The van der Waals surface area contributed by atoms with Crippen LogP contribution in [0, 0.1) is 28.9 Å². The number of aromatic nitrogens is 1. The highest BCUT2D eigenvalue weighted by Crippen LogP contribution is 2.60. The zero-order valence-corrected chi connectivity index (χ0v) is 28.1. The topological polar surface area (TPSA) is 110 Å². The van der Waals surface area contributed by atoms with Crippen molar-refractivity contribution >= 4 is 34.1 Å². The summed E-state index contributed by atoms with van der Waals surface area (Å²) < 4.78 is 47.4. The minimum Gasteiger partial charge on any atom is -0.493 e. The van der Waals surface area contributed by atoms with E-state index in [0.29, 0.717) is 34.8 Å². The van der Waals surface area contributed by atoms with Crippen molar-refractivity contribution in [1.82, 2.24) is 14.8 Å². The van der Waals surface area contributed by atoms with E-state index < -0.39 is 28.9 Å². The lowest BCUT2D eigenvalue weighted by molar-refractivity contribution is -0.134. The fourth-order valence-electron chi connectivity index (χ4n) is 6.74. The fourth-order valence-corrected chi connectivity index (χ4v) is 6.74. The number of pyridine rings is 1. The lowest BCUT2D eigenvalue weighted by Crippen LogP contribution is -2.44. The molecule has 2 heterocycles. The lowest BCUT2D eigenvalue weighted by Gasteiger charge is -2.32. The largest absolute Gasteiger partial charge is 0.493 e. The molecule has 10 nitrogen and oxygen atoms in total. The summed E-state index contributed by atoms with van der Waals surface area (Å²) in [6, 6.07) is 14.3. The van der Waals surface area contributed by atoms with Gasteiger partial charge in [0.2, 0.25) is 11.8 Å². The minimum atomic E-state index is -1.47. The van der Waals surface area contributed by atoms with Crippen molar-refractivity contribution in [3.05, 3.63) is 78.5 Å². The minimum absolute atomic E-state index is 0.108. The van der Waals surface area contributed by atoms with Gasteiger partial charge in [0.25, 0.3) is 0 Å². The molecule has 1 aliphatic carbocycles. The highest BCUT2D eigenvalue weighted by atomic mass is 19.1. The molecular formula is C37H41F2N5O5. The summed E-state index contributed by atoms with van der Waals surface area (Å²) in [6.45, 7) is 9.22. The number of methoxy groups -OCH3 is 1. The van der Waals surface area contributed by atoms with Crippen molar-refractivity contribution in [3.8, 4) is 23.0 Å². The van der Waals surface area contributed by atoms with E-state index in [-0.39, 0.29) is 29.0 Å². The number of piperazine rings is 1. The molecule has 49 heavy (non-hydrogen) atoms.